The Labute approximate surface area is 79.5 Å². The highest BCUT2D eigenvalue weighted by Gasteiger charge is 2.15. The van der Waals surface area contributed by atoms with E-state index in [1.54, 1.807) is 0 Å². The van der Waals surface area contributed by atoms with E-state index in [1.807, 2.05) is 0 Å². The van der Waals surface area contributed by atoms with Crippen molar-refractivity contribution in [1.29, 1.82) is 0 Å². The summed E-state index contributed by atoms with van der Waals surface area (Å²) in [6.45, 7) is 3.16. The number of hydrogen-bond donors (Lipinski definition) is 1. The predicted molar refractivity (Wildman–Crippen MR) is 55.7 cm³/mol. The van der Waals surface area contributed by atoms with Gasteiger partial charge in [0.1, 0.15) is 0 Å². The maximum Gasteiger partial charge on any atom is 0.0509 e. The summed E-state index contributed by atoms with van der Waals surface area (Å²) in [5.74, 6) is 0. The van der Waals surface area contributed by atoms with Gasteiger partial charge >= 0.3 is 0 Å². The zero-order chi connectivity index (χ0) is 9.10. The Morgan fingerprint density at radius 2 is 2.23 bits per heavy atom. The fourth-order valence-electron chi connectivity index (χ4n) is 1.90. The van der Waals surface area contributed by atoms with Gasteiger partial charge in [0.15, 0.2) is 0 Å². The van der Waals surface area contributed by atoms with E-state index in [0.717, 1.165) is 13.0 Å². The van der Waals surface area contributed by atoms with E-state index in [1.165, 1.54) is 11.1 Å². The van der Waals surface area contributed by atoms with E-state index in [-0.39, 0.29) is 0 Å². The summed E-state index contributed by atoms with van der Waals surface area (Å²) in [7, 11) is 0. The standard InChI is InChI=1S/C12H15N/c1-2-5-12-11-7-4-3-6-10(11)8-9-13-12/h2-7,12-13H,8-9H2,1H3/b5-2+/t12-/m0/s1. The van der Waals surface area contributed by atoms with Crippen LogP contribution in [0.3, 0.4) is 0 Å². The molecule has 0 spiro atoms. The van der Waals surface area contributed by atoms with Crippen LogP contribution >= 0.6 is 0 Å². The molecule has 0 saturated heterocycles. The number of benzene rings is 1. The van der Waals surface area contributed by atoms with Crippen molar-refractivity contribution in [3.05, 3.63) is 47.5 Å². The van der Waals surface area contributed by atoms with Crippen molar-refractivity contribution in [2.24, 2.45) is 0 Å². The average molecular weight is 173 g/mol. The van der Waals surface area contributed by atoms with Crippen LogP contribution in [0.25, 0.3) is 0 Å². The first kappa shape index (κ1) is 8.52. The van der Waals surface area contributed by atoms with Gasteiger partial charge < -0.3 is 5.32 Å². The van der Waals surface area contributed by atoms with E-state index in [0.29, 0.717) is 6.04 Å². The summed E-state index contributed by atoms with van der Waals surface area (Å²) in [6.07, 6.45) is 5.49. The van der Waals surface area contributed by atoms with Crippen molar-refractivity contribution < 1.29 is 0 Å². The summed E-state index contributed by atoms with van der Waals surface area (Å²) in [5, 5.41) is 3.49. The molecule has 13 heavy (non-hydrogen) atoms. The second-order valence-corrected chi connectivity index (χ2v) is 3.41. The van der Waals surface area contributed by atoms with Crippen LogP contribution in [-0.2, 0) is 6.42 Å². The predicted octanol–water partition coefficient (Wildman–Crippen LogP) is 2.45. The molecule has 1 aromatic rings. The smallest absolute Gasteiger partial charge is 0.0509 e. The second kappa shape index (κ2) is 3.75. The van der Waals surface area contributed by atoms with Crippen LogP contribution in [0.2, 0.25) is 0 Å². The number of fused-ring (bicyclic) bond motifs is 1. The Bertz CT molecular complexity index is 315. The molecule has 0 aromatic heterocycles. The van der Waals surface area contributed by atoms with Crippen molar-refractivity contribution in [2.75, 3.05) is 6.54 Å². The monoisotopic (exact) mass is 173 g/mol. The average Bonchev–Trinajstić information content (AvgIpc) is 2.19. The Hall–Kier alpha value is -1.08. The molecular formula is C12H15N. The lowest BCUT2D eigenvalue weighted by Crippen LogP contribution is -2.28. The third kappa shape index (κ3) is 1.65. The van der Waals surface area contributed by atoms with Crippen LogP contribution in [0.1, 0.15) is 24.1 Å². The van der Waals surface area contributed by atoms with Crippen molar-refractivity contribution in [1.82, 2.24) is 5.32 Å². The second-order valence-electron chi connectivity index (χ2n) is 3.41. The molecule has 0 bridgehead atoms. The van der Waals surface area contributed by atoms with Crippen molar-refractivity contribution in [3.8, 4) is 0 Å². The highest BCUT2D eigenvalue weighted by molar-refractivity contribution is 5.34. The Kier molecular flexibility index (Phi) is 2.46. The minimum Gasteiger partial charge on any atom is -0.306 e. The summed E-state index contributed by atoms with van der Waals surface area (Å²) < 4.78 is 0. The summed E-state index contributed by atoms with van der Waals surface area (Å²) in [5.41, 5.74) is 2.93. The molecule has 1 aliphatic heterocycles. The summed E-state index contributed by atoms with van der Waals surface area (Å²) >= 11 is 0. The molecule has 0 fully saturated rings. The van der Waals surface area contributed by atoms with Crippen LogP contribution in [0.15, 0.2) is 36.4 Å². The molecule has 68 valence electrons. The minimum atomic E-state index is 0.426. The largest absolute Gasteiger partial charge is 0.306 e. The fourth-order valence-corrected chi connectivity index (χ4v) is 1.90. The van der Waals surface area contributed by atoms with Gasteiger partial charge in [0.05, 0.1) is 6.04 Å². The van der Waals surface area contributed by atoms with Crippen molar-refractivity contribution >= 4 is 0 Å². The van der Waals surface area contributed by atoms with Gasteiger partial charge in [-0.2, -0.15) is 0 Å². The fraction of sp³-hybridized carbons (Fsp3) is 0.333. The SMILES string of the molecule is C/C=C/[C@@H]1NCCc2ccccc21. The molecular weight excluding hydrogens is 158 g/mol. The highest BCUT2D eigenvalue weighted by atomic mass is 14.9. The van der Waals surface area contributed by atoms with E-state index in [9.17, 15) is 0 Å². The highest BCUT2D eigenvalue weighted by Crippen LogP contribution is 2.23. The maximum absolute atomic E-state index is 3.49. The minimum absolute atomic E-state index is 0.426. The van der Waals surface area contributed by atoms with Crippen LogP contribution in [0, 0.1) is 0 Å². The van der Waals surface area contributed by atoms with Gasteiger partial charge in [-0.1, -0.05) is 36.4 Å². The van der Waals surface area contributed by atoms with Gasteiger partial charge in [0.25, 0.3) is 0 Å². The third-order valence-corrected chi connectivity index (χ3v) is 2.53. The molecule has 1 atom stereocenters. The molecule has 2 rings (SSSR count). The molecule has 0 aliphatic carbocycles. The molecule has 0 amide bonds. The molecule has 1 aromatic carbocycles. The van der Waals surface area contributed by atoms with Crippen LogP contribution in [-0.4, -0.2) is 6.54 Å². The quantitative estimate of drug-likeness (QED) is 0.643. The van der Waals surface area contributed by atoms with Crippen molar-refractivity contribution in [3.63, 3.8) is 0 Å². The lowest BCUT2D eigenvalue weighted by atomic mass is 9.94. The van der Waals surface area contributed by atoms with Gasteiger partial charge in [0, 0.05) is 6.54 Å². The van der Waals surface area contributed by atoms with Gasteiger partial charge in [-0.05, 0) is 24.5 Å². The number of nitrogens with one attached hydrogen (secondary N) is 1. The van der Waals surface area contributed by atoms with Gasteiger partial charge in [-0.3, -0.25) is 0 Å². The van der Waals surface area contributed by atoms with E-state index in [4.69, 9.17) is 0 Å². The van der Waals surface area contributed by atoms with Crippen molar-refractivity contribution in [2.45, 2.75) is 19.4 Å². The first-order valence-corrected chi connectivity index (χ1v) is 4.86. The topological polar surface area (TPSA) is 12.0 Å². The molecule has 1 aliphatic rings. The first-order valence-electron chi connectivity index (χ1n) is 4.86. The van der Waals surface area contributed by atoms with Gasteiger partial charge in [-0.15, -0.1) is 0 Å². The Balaban J connectivity index is 2.36. The molecule has 0 saturated carbocycles. The normalized spacial score (nSPS) is 21.8. The Morgan fingerprint density at radius 1 is 1.38 bits per heavy atom. The molecule has 1 heterocycles. The molecule has 0 unspecified atom stereocenters. The number of allylic oxidation sites excluding steroid dienone is 1. The van der Waals surface area contributed by atoms with E-state index >= 15 is 0 Å². The van der Waals surface area contributed by atoms with Gasteiger partial charge in [-0.25, -0.2) is 0 Å². The lowest BCUT2D eigenvalue weighted by molar-refractivity contribution is 0.581. The molecule has 1 heteroatoms. The zero-order valence-corrected chi connectivity index (χ0v) is 7.96. The third-order valence-electron chi connectivity index (χ3n) is 2.53. The molecule has 1 nitrogen and oxygen atoms in total. The van der Waals surface area contributed by atoms with E-state index < -0.39 is 0 Å². The zero-order valence-electron chi connectivity index (χ0n) is 7.96. The number of hydrogen-bond acceptors (Lipinski definition) is 1. The van der Waals surface area contributed by atoms with Crippen LogP contribution < -0.4 is 5.32 Å². The van der Waals surface area contributed by atoms with E-state index in [2.05, 4.69) is 48.7 Å². The summed E-state index contributed by atoms with van der Waals surface area (Å²) in [6, 6.07) is 9.10. The summed E-state index contributed by atoms with van der Waals surface area (Å²) in [4.78, 5) is 0. The first-order chi connectivity index (χ1) is 6.42. The Morgan fingerprint density at radius 3 is 3.08 bits per heavy atom. The lowest BCUT2D eigenvalue weighted by Gasteiger charge is -2.24. The van der Waals surface area contributed by atoms with Crippen LogP contribution in [0.4, 0.5) is 0 Å². The van der Waals surface area contributed by atoms with Crippen LogP contribution in [0.5, 0.6) is 0 Å². The maximum atomic E-state index is 3.49. The molecule has 1 N–H and O–H groups in total. The van der Waals surface area contributed by atoms with Gasteiger partial charge in [0.2, 0.25) is 0 Å². The number of rotatable bonds is 1. The molecule has 0 radical (unpaired) electrons.